The molecule has 1 N–H and O–H groups in total. The fraction of sp³-hybridized carbons (Fsp3) is 0.105. The third-order valence-electron chi connectivity index (χ3n) is 4.08. The van der Waals surface area contributed by atoms with Crippen LogP contribution in [0.2, 0.25) is 0 Å². The van der Waals surface area contributed by atoms with Crippen LogP contribution in [0.25, 0.3) is 11.3 Å². The van der Waals surface area contributed by atoms with Crippen LogP contribution in [0, 0.1) is 5.82 Å². The Morgan fingerprint density at radius 3 is 2.63 bits per heavy atom. The minimum atomic E-state index is -0.619. The largest absolute Gasteiger partial charge is 0.494 e. The van der Waals surface area contributed by atoms with Crippen LogP contribution >= 0.6 is 11.3 Å². The number of rotatable bonds is 4. The molecule has 0 fully saturated rings. The molecule has 0 atom stereocenters. The van der Waals surface area contributed by atoms with Crippen molar-refractivity contribution in [3.05, 3.63) is 73.4 Å². The van der Waals surface area contributed by atoms with Crippen LogP contribution in [-0.2, 0) is 4.79 Å². The number of hydrogen-bond donors (Lipinski definition) is 1. The fourth-order valence-electron chi connectivity index (χ4n) is 2.92. The lowest BCUT2D eigenvalue weighted by Gasteiger charge is -2.06. The average Bonchev–Trinajstić information content (AvgIpc) is 3.11. The van der Waals surface area contributed by atoms with E-state index in [1.807, 2.05) is 6.92 Å². The lowest BCUT2D eigenvalue weighted by Crippen LogP contribution is -2.23. The molecule has 27 heavy (non-hydrogen) atoms. The topological polar surface area (TPSA) is 80.9 Å². The van der Waals surface area contributed by atoms with Crippen molar-refractivity contribution in [2.45, 2.75) is 6.92 Å². The molecule has 0 radical (unpaired) electrons. The van der Waals surface area contributed by atoms with Gasteiger partial charge < -0.3 is 9.84 Å². The number of hydrogen-bond acceptors (Lipinski definition) is 5. The van der Waals surface area contributed by atoms with Crippen molar-refractivity contribution in [1.82, 2.24) is 4.57 Å². The zero-order chi connectivity index (χ0) is 19.1. The quantitative estimate of drug-likeness (QED) is 0.739. The number of benzene rings is 2. The van der Waals surface area contributed by atoms with Gasteiger partial charge in [0.15, 0.2) is 0 Å². The highest BCUT2D eigenvalue weighted by molar-refractivity contribution is 7.11. The summed E-state index contributed by atoms with van der Waals surface area (Å²) >= 11 is 0.707. The van der Waals surface area contributed by atoms with Gasteiger partial charge in [-0.05, 0) is 49.4 Å². The van der Waals surface area contributed by atoms with E-state index in [0.29, 0.717) is 34.7 Å². The van der Waals surface area contributed by atoms with E-state index < -0.39 is 16.6 Å². The third kappa shape index (κ3) is 2.83. The summed E-state index contributed by atoms with van der Waals surface area (Å²) < 4.78 is 20.1. The van der Waals surface area contributed by atoms with Gasteiger partial charge in [0.05, 0.1) is 23.2 Å². The van der Waals surface area contributed by atoms with Gasteiger partial charge in [-0.25, -0.2) is 13.9 Å². The van der Waals surface area contributed by atoms with Crippen LogP contribution in [-0.4, -0.2) is 22.2 Å². The standard InChI is InChI=1S/C19H13FN2O4S/c1-2-26-12-6-4-11(5-7-12)22-18(24)16(27-19(22)25)15-13-9-10(20)3-8-14(13)21-17(15)23/h3-9,24H,2H2,1H3. The number of aromatic nitrogens is 1. The third-order valence-corrected chi connectivity index (χ3v) is 5.03. The minimum absolute atomic E-state index is 0.0220. The Labute approximate surface area is 156 Å². The molecule has 0 bridgehead atoms. The Balaban J connectivity index is 1.90. The summed E-state index contributed by atoms with van der Waals surface area (Å²) in [6.45, 7) is 2.37. The van der Waals surface area contributed by atoms with Gasteiger partial charge in [-0.3, -0.25) is 9.59 Å². The van der Waals surface area contributed by atoms with E-state index in [1.54, 1.807) is 24.3 Å². The molecule has 8 heteroatoms. The van der Waals surface area contributed by atoms with Crippen molar-refractivity contribution in [3.63, 3.8) is 0 Å². The van der Waals surface area contributed by atoms with Gasteiger partial charge in [-0.1, -0.05) is 11.3 Å². The number of aromatic hydroxyl groups is 1. The predicted octanol–water partition coefficient (Wildman–Crippen LogP) is 1.50. The molecule has 0 saturated heterocycles. The highest BCUT2D eigenvalue weighted by Crippen LogP contribution is 2.30. The predicted molar refractivity (Wildman–Crippen MR) is 97.4 cm³/mol. The van der Waals surface area contributed by atoms with Crippen molar-refractivity contribution in [1.29, 1.82) is 0 Å². The molecule has 136 valence electrons. The Kier molecular flexibility index (Phi) is 4.12. The minimum Gasteiger partial charge on any atom is -0.494 e. The lowest BCUT2D eigenvalue weighted by atomic mass is 10.1. The Morgan fingerprint density at radius 1 is 1.19 bits per heavy atom. The molecule has 4 rings (SSSR count). The Morgan fingerprint density at radius 2 is 1.93 bits per heavy atom. The number of carbonyl (C=O) groups is 1. The highest BCUT2D eigenvalue weighted by Gasteiger charge is 2.26. The fourth-order valence-corrected chi connectivity index (χ4v) is 3.86. The molecule has 6 nitrogen and oxygen atoms in total. The van der Waals surface area contributed by atoms with E-state index in [1.165, 1.54) is 18.2 Å². The maximum Gasteiger partial charge on any atom is 0.315 e. The maximum absolute atomic E-state index is 13.6. The van der Waals surface area contributed by atoms with Gasteiger partial charge in [-0.2, -0.15) is 0 Å². The van der Waals surface area contributed by atoms with Gasteiger partial charge in [0.1, 0.15) is 16.4 Å². The molecule has 1 amide bonds. The molecule has 0 aliphatic carbocycles. The molecule has 0 saturated carbocycles. The van der Waals surface area contributed by atoms with Crippen molar-refractivity contribution >= 4 is 22.8 Å². The number of ether oxygens (including phenoxy) is 1. The van der Waals surface area contributed by atoms with Crippen molar-refractivity contribution in [2.24, 2.45) is 4.99 Å². The van der Waals surface area contributed by atoms with Crippen molar-refractivity contribution in [2.75, 3.05) is 6.61 Å². The second-order valence-electron chi connectivity index (χ2n) is 5.74. The van der Waals surface area contributed by atoms with Crippen LogP contribution in [0.15, 0.2) is 52.3 Å². The first-order chi connectivity index (χ1) is 13.0. The van der Waals surface area contributed by atoms with Gasteiger partial charge in [0, 0.05) is 5.22 Å². The summed E-state index contributed by atoms with van der Waals surface area (Å²) in [5.41, 5.74) is 0.444. The van der Waals surface area contributed by atoms with Gasteiger partial charge in [-0.15, -0.1) is 0 Å². The van der Waals surface area contributed by atoms with Crippen molar-refractivity contribution in [3.8, 4) is 17.3 Å². The maximum atomic E-state index is 13.6. The first kappa shape index (κ1) is 17.2. The molecule has 3 aromatic rings. The molecule has 1 aromatic heterocycles. The summed E-state index contributed by atoms with van der Waals surface area (Å²) in [4.78, 5) is 28.2. The zero-order valence-corrected chi connectivity index (χ0v) is 14.9. The second-order valence-corrected chi connectivity index (χ2v) is 6.70. The summed E-state index contributed by atoms with van der Waals surface area (Å²) in [6.07, 6.45) is 0. The lowest BCUT2D eigenvalue weighted by molar-refractivity contribution is -0.112. The molecular formula is C19H13FN2O4S. The summed E-state index contributed by atoms with van der Waals surface area (Å²) in [5.74, 6) is -0.905. The van der Waals surface area contributed by atoms with Crippen LogP contribution in [0.3, 0.4) is 0 Å². The van der Waals surface area contributed by atoms with Gasteiger partial charge >= 0.3 is 4.87 Å². The molecule has 1 aliphatic heterocycles. The number of halogens is 1. The van der Waals surface area contributed by atoms with E-state index in [0.717, 1.165) is 4.57 Å². The monoisotopic (exact) mass is 384 g/mol. The van der Waals surface area contributed by atoms with Gasteiger partial charge in [0.25, 0.3) is 5.91 Å². The SMILES string of the molecule is CCOc1ccc(-n2c(O)c(C3=c4cc(F)ccc4=NC3=O)sc2=O)cc1. The van der Waals surface area contributed by atoms with E-state index >= 15 is 0 Å². The highest BCUT2D eigenvalue weighted by atomic mass is 32.1. The number of thiazole rings is 1. The Hall–Kier alpha value is -3.26. The van der Waals surface area contributed by atoms with Crippen molar-refractivity contribution < 1.29 is 19.0 Å². The van der Waals surface area contributed by atoms with Crippen LogP contribution in [0.1, 0.15) is 11.8 Å². The summed E-state index contributed by atoms with van der Waals surface area (Å²) in [7, 11) is 0. The first-order valence-electron chi connectivity index (χ1n) is 8.11. The average molecular weight is 384 g/mol. The molecule has 2 aromatic carbocycles. The van der Waals surface area contributed by atoms with Crippen LogP contribution in [0.5, 0.6) is 11.6 Å². The summed E-state index contributed by atoms with van der Waals surface area (Å²) in [6, 6.07) is 10.4. The molecule has 0 spiro atoms. The first-order valence-corrected chi connectivity index (χ1v) is 8.92. The number of fused-ring (bicyclic) bond motifs is 1. The molecule has 2 heterocycles. The van der Waals surface area contributed by atoms with Crippen LogP contribution in [0.4, 0.5) is 4.39 Å². The number of carbonyl (C=O) groups excluding carboxylic acids is 1. The van der Waals surface area contributed by atoms with E-state index in [-0.39, 0.29) is 21.5 Å². The number of amides is 1. The van der Waals surface area contributed by atoms with E-state index in [2.05, 4.69) is 4.99 Å². The Bertz CT molecular complexity index is 1240. The van der Waals surface area contributed by atoms with E-state index in [9.17, 15) is 19.1 Å². The smallest absolute Gasteiger partial charge is 0.315 e. The summed E-state index contributed by atoms with van der Waals surface area (Å²) in [5, 5.41) is 11.2. The van der Waals surface area contributed by atoms with Gasteiger partial charge in [0.2, 0.25) is 5.88 Å². The van der Waals surface area contributed by atoms with E-state index in [4.69, 9.17) is 4.74 Å². The molecule has 1 aliphatic rings. The number of nitrogens with zero attached hydrogens (tertiary/aromatic N) is 2. The van der Waals surface area contributed by atoms with Crippen LogP contribution < -0.4 is 20.2 Å². The normalized spacial score (nSPS) is 12.8. The molecule has 0 unspecified atom stereocenters. The molecular weight excluding hydrogens is 371 g/mol. The zero-order valence-electron chi connectivity index (χ0n) is 14.1. The second kappa shape index (κ2) is 6.48.